The highest BCUT2D eigenvalue weighted by molar-refractivity contribution is 6.32. The van der Waals surface area contributed by atoms with Gasteiger partial charge in [-0.1, -0.05) is 48.6 Å². The summed E-state index contributed by atoms with van der Waals surface area (Å²) in [5.41, 5.74) is 2.95. The smallest absolute Gasteiger partial charge is 0.374 e. The molecule has 0 aliphatic carbocycles. The third-order valence-corrected chi connectivity index (χ3v) is 14.9. The zero-order valence-corrected chi connectivity index (χ0v) is 59.0. The second kappa shape index (κ2) is 39.7. The number of carbonyl (C=O) groups excluding carboxylic acids is 6. The lowest BCUT2D eigenvalue weighted by atomic mass is 10.1. The van der Waals surface area contributed by atoms with Gasteiger partial charge in [-0.2, -0.15) is 0 Å². The number of carboxylic acids is 1. The minimum Gasteiger partial charge on any atom is -0.508 e. The molecule has 0 amide bonds. The predicted octanol–water partition coefficient (Wildman–Crippen LogP) is 8.98. The standard InChI is InChI=1S/C35H42O12.C14H12O3.C8H14O4.C7H12O4.C4H6O3.C4H10O2/c1-22-13-16-39-33(4,45-22)30(36)42-27-11-9-25(10-12-27)7-8-26-19-28(43-31(37)34(5)40-17-14-23(2)46-34)21-29(20-26)44-32(38)35(6)41-18-15-24(3)47-35;15-12-5-3-10(4-6-12)1-2-11-7-13(16)9-14(17)8-11;1-6-4-5-11-8(2,12-6)7(9)10-3;1-5-3-4-10-7(2,11-5)6(8)9;1-3(5)4(6)7-2;1-4(6)2-3-5/h7-12,19-24H,13-18H2,1-6H3;1-9,15-17H;6H,4-5H2,1-3H3;5H,3-4H2,1-2H3,(H,8,9);1-2H3;4-6H,2-3H2,1H3/b8-7+;2-1+;;;;/t22-,23-,24-,33?,34?,35?;;6-,8?;5-,7?;;4-/m1.11.1/s1. The molecule has 0 aromatic heterocycles. The molecule has 5 saturated heterocycles. The minimum atomic E-state index is -1.59. The molecule has 5 aliphatic rings. The van der Waals surface area contributed by atoms with E-state index in [1.165, 1.54) is 47.1 Å². The number of benzene rings is 4. The molecule has 0 radical (unpaired) electrons. The van der Waals surface area contributed by atoms with Crippen LogP contribution in [0.25, 0.3) is 24.3 Å². The SMILES string of the molecule is COC(=O)C(C)=O.COC(=O)C1(C)OCC[C@@H](C)O1.C[C@@H](O)CCO.C[C@@H]1CCOC(C)(C(=O)O)O1.C[C@@H]1CCOC(C)(C(=O)Oc2ccc(/C=C/c3cc(OC(=O)C4(C)OCC[C@@H](C)O4)cc(OC(=O)C4(C)OCC[C@@H](C)O4)c3)cc2)O1.Oc1ccc(/C=C/c2cc(O)cc(O)c2)cc1. The number of ketones is 1. The first-order valence-corrected chi connectivity index (χ1v) is 32.4. The average Bonchev–Trinajstić information content (AvgIpc) is 0.828. The lowest BCUT2D eigenvalue weighted by Gasteiger charge is -2.35. The summed E-state index contributed by atoms with van der Waals surface area (Å²) in [6.07, 6.45) is 10.3. The minimum absolute atomic E-state index is 0.0235. The van der Waals surface area contributed by atoms with Crippen molar-refractivity contribution in [1.29, 1.82) is 0 Å². The molecule has 28 heteroatoms. The number of carboxylic acid groups (broad SMARTS) is 1. The first kappa shape index (κ1) is 84.2. The van der Waals surface area contributed by atoms with Crippen molar-refractivity contribution >= 4 is 65.9 Å². The van der Waals surface area contributed by atoms with Gasteiger partial charge in [0, 0.05) is 60.3 Å². The van der Waals surface area contributed by atoms with Gasteiger partial charge in [0.15, 0.2) is 0 Å². The fourth-order valence-corrected chi connectivity index (χ4v) is 9.28. The summed E-state index contributed by atoms with van der Waals surface area (Å²) >= 11 is 0. The van der Waals surface area contributed by atoms with Gasteiger partial charge in [-0.05, 0) is 151 Å². The summed E-state index contributed by atoms with van der Waals surface area (Å²) in [4.78, 5) is 80.6. The molecule has 5 fully saturated rings. The van der Waals surface area contributed by atoms with E-state index in [0.717, 1.165) is 30.9 Å². The Labute approximate surface area is 581 Å². The van der Waals surface area contributed by atoms with E-state index < -0.39 is 70.5 Å². The summed E-state index contributed by atoms with van der Waals surface area (Å²) in [6.45, 7) is 21.8. The number of methoxy groups -OCH3 is 2. The molecule has 0 saturated carbocycles. The first-order valence-electron chi connectivity index (χ1n) is 32.4. The summed E-state index contributed by atoms with van der Waals surface area (Å²) < 4.78 is 80.0. The van der Waals surface area contributed by atoms with Crippen LogP contribution in [0, 0.1) is 0 Å². The fourth-order valence-electron chi connectivity index (χ4n) is 9.28. The van der Waals surface area contributed by atoms with Crippen LogP contribution in [-0.2, 0) is 90.4 Å². The van der Waals surface area contributed by atoms with Crippen LogP contribution in [-0.4, -0.2) is 192 Å². The average molecular weight is 1410 g/mol. The number of esters is 5. The molecule has 5 unspecified atom stereocenters. The van der Waals surface area contributed by atoms with Crippen molar-refractivity contribution in [1.82, 2.24) is 0 Å². The van der Waals surface area contributed by atoms with Crippen LogP contribution in [0.4, 0.5) is 0 Å². The number of phenols is 3. The quantitative estimate of drug-likeness (QED) is 0.0280. The lowest BCUT2D eigenvalue weighted by molar-refractivity contribution is -0.277. The molecule has 100 heavy (non-hydrogen) atoms. The van der Waals surface area contributed by atoms with E-state index in [0.29, 0.717) is 75.6 Å². The zero-order chi connectivity index (χ0) is 74.6. The van der Waals surface area contributed by atoms with Gasteiger partial charge in [0.2, 0.25) is 5.78 Å². The predicted molar refractivity (Wildman–Crippen MR) is 359 cm³/mol. The monoisotopic (exact) mass is 1410 g/mol. The van der Waals surface area contributed by atoms with Crippen LogP contribution >= 0.6 is 0 Å². The molecule has 5 heterocycles. The summed E-state index contributed by atoms with van der Waals surface area (Å²) in [5.74, 6) is -11.5. The van der Waals surface area contributed by atoms with Crippen molar-refractivity contribution in [3.8, 4) is 34.5 Å². The fraction of sp³-hybridized carbons (Fsp3) is 0.514. The van der Waals surface area contributed by atoms with Crippen molar-refractivity contribution in [2.24, 2.45) is 0 Å². The van der Waals surface area contributed by atoms with E-state index >= 15 is 0 Å². The van der Waals surface area contributed by atoms with Crippen molar-refractivity contribution < 1.29 is 135 Å². The molecule has 0 bridgehead atoms. The Hall–Kier alpha value is -8.23. The van der Waals surface area contributed by atoms with E-state index in [2.05, 4.69) is 9.47 Å². The number of aromatic hydroxyl groups is 3. The van der Waals surface area contributed by atoms with E-state index in [4.69, 9.17) is 82.0 Å². The van der Waals surface area contributed by atoms with Crippen LogP contribution in [0.1, 0.15) is 144 Å². The maximum atomic E-state index is 13.1. The highest BCUT2D eigenvalue weighted by atomic mass is 16.8. The number of hydrogen-bond acceptors (Lipinski definition) is 27. The van der Waals surface area contributed by atoms with Crippen LogP contribution < -0.4 is 14.2 Å². The maximum Gasteiger partial charge on any atom is 0.374 e. The summed E-state index contributed by atoms with van der Waals surface area (Å²) in [7, 11) is 2.49. The molecule has 6 N–H and O–H groups in total. The molecule has 11 atom stereocenters. The molecule has 5 aliphatic heterocycles. The number of aliphatic hydroxyl groups is 2. The van der Waals surface area contributed by atoms with Crippen LogP contribution in [0.5, 0.6) is 34.5 Å². The molecule has 552 valence electrons. The van der Waals surface area contributed by atoms with Gasteiger partial charge in [-0.25, -0.2) is 28.8 Å². The largest absolute Gasteiger partial charge is 0.508 e. The topological polar surface area (TPSA) is 379 Å². The molecular weight excluding hydrogens is 1310 g/mol. The third-order valence-electron chi connectivity index (χ3n) is 14.9. The van der Waals surface area contributed by atoms with Crippen molar-refractivity contribution in [3.63, 3.8) is 0 Å². The Bertz CT molecular complexity index is 3290. The first-order chi connectivity index (χ1) is 47.0. The molecular formula is C72H96O28. The number of phenolic OH excluding ortho intramolecular Hbond substituents is 3. The number of hydrogen-bond donors (Lipinski definition) is 6. The van der Waals surface area contributed by atoms with Crippen LogP contribution in [0.15, 0.2) is 84.9 Å². The molecule has 9 rings (SSSR count). The van der Waals surface area contributed by atoms with Crippen LogP contribution in [0.3, 0.4) is 0 Å². The molecule has 0 spiro atoms. The van der Waals surface area contributed by atoms with Gasteiger partial charge in [0.1, 0.15) is 34.5 Å². The Balaban J connectivity index is 0.000000321. The number of aliphatic carboxylic acids is 1. The molecule has 4 aromatic carbocycles. The van der Waals surface area contributed by atoms with Crippen molar-refractivity contribution in [2.75, 3.05) is 53.9 Å². The Kier molecular flexibility index (Phi) is 33.4. The maximum absolute atomic E-state index is 13.1. The van der Waals surface area contributed by atoms with Gasteiger partial charge in [0.25, 0.3) is 28.9 Å². The van der Waals surface area contributed by atoms with E-state index in [-0.39, 0.29) is 72.0 Å². The molecule has 4 aromatic rings. The Morgan fingerprint density at radius 2 is 0.770 bits per heavy atom. The Morgan fingerprint density at radius 3 is 1.06 bits per heavy atom. The second-order valence-electron chi connectivity index (χ2n) is 24.3. The highest BCUT2D eigenvalue weighted by Gasteiger charge is 2.46. The van der Waals surface area contributed by atoms with Gasteiger partial charge < -0.3 is 102 Å². The molecule has 28 nitrogen and oxygen atoms in total. The summed E-state index contributed by atoms with van der Waals surface area (Å²) in [6, 6.07) is 22.6. The number of aliphatic hydroxyl groups excluding tert-OH is 2. The van der Waals surface area contributed by atoms with E-state index in [1.807, 2.05) is 40.7 Å². The Morgan fingerprint density at radius 1 is 0.450 bits per heavy atom. The van der Waals surface area contributed by atoms with E-state index in [9.17, 15) is 43.8 Å². The van der Waals surface area contributed by atoms with Gasteiger partial charge >= 0.3 is 35.8 Å². The number of rotatable bonds is 15. The van der Waals surface area contributed by atoms with Gasteiger partial charge in [-0.15, -0.1) is 0 Å². The van der Waals surface area contributed by atoms with E-state index in [1.54, 1.807) is 112 Å². The van der Waals surface area contributed by atoms with Crippen molar-refractivity contribution in [2.45, 2.75) is 187 Å². The summed E-state index contributed by atoms with van der Waals surface area (Å²) in [5, 5.41) is 52.9. The third kappa shape index (κ3) is 28.1. The van der Waals surface area contributed by atoms with Gasteiger partial charge in [-0.3, -0.25) is 4.79 Å². The normalized spacial score (nSPS) is 26.5. The number of Topliss-reactive ketones (excluding diaryl/α,β-unsaturated/α-hetero) is 1. The van der Waals surface area contributed by atoms with Crippen LogP contribution in [0.2, 0.25) is 0 Å². The van der Waals surface area contributed by atoms with Crippen molar-refractivity contribution in [3.05, 3.63) is 107 Å². The lowest BCUT2D eigenvalue weighted by Crippen LogP contribution is -2.50. The number of carbonyl (C=O) groups is 7. The highest BCUT2D eigenvalue weighted by Crippen LogP contribution is 2.33. The second-order valence-corrected chi connectivity index (χ2v) is 24.3. The van der Waals surface area contributed by atoms with Gasteiger partial charge in [0.05, 0.1) is 83.9 Å². The number of ether oxygens (including phenoxy) is 15. The zero-order valence-electron chi connectivity index (χ0n) is 59.0.